The first-order chi connectivity index (χ1) is 15.9. The molecule has 1 aromatic heterocycles. The number of aromatic carboxylic acids is 1. The van der Waals surface area contributed by atoms with Crippen LogP contribution >= 0.6 is 0 Å². The molecule has 0 atom stereocenters. The molecule has 3 aromatic carbocycles. The Balaban J connectivity index is 1.75. The predicted octanol–water partition coefficient (Wildman–Crippen LogP) is 5.37. The normalized spacial score (nSPS) is 10.9. The molecule has 1 heterocycles. The summed E-state index contributed by atoms with van der Waals surface area (Å²) in [5.41, 5.74) is 4.56. The fourth-order valence-corrected chi connectivity index (χ4v) is 3.65. The van der Waals surface area contributed by atoms with Crippen LogP contribution in [0.4, 0.5) is 4.39 Å². The van der Waals surface area contributed by atoms with E-state index in [0.29, 0.717) is 12.2 Å². The highest BCUT2D eigenvalue weighted by Gasteiger charge is 2.21. The number of hydrogen-bond donors (Lipinski definition) is 1. The summed E-state index contributed by atoms with van der Waals surface area (Å²) in [6, 6.07) is 15.9. The number of benzene rings is 3. The first-order valence-corrected chi connectivity index (χ1v) is 10.1. The molecule has 168 valence electrons. The van der Waals surface area contributed by atoms with Crippen LogP contribution in [-0.4, -0.2) is 35.4 Å². The smallest absolute Gasteiger partial charge is 0.338 e. The molecule has 0 aliphatic rings. The standard InChI is InChI=1S/C25H21FN2O5/c1-14-6-4-5-7-17(14)18-9-8-15(10-16(18)13-31-2)24-27-23(28-33-24)20-11-21(26)19(25(29)30)12-22(20)32-3/h4-12H,13H2,1-3H3,(H,29,30). The number of carboxylic acid groups (broad SMARTS) is 1. The van der Waals surface area contributed by atoms with Gasteiger partial charge in [-0.2, -0.15) is 4.98 Å². The predicted molar refractivity (Wildman–Crippen MR) is 120 cm³/mol. The summed E-state index contributed by atoms with van der Waals surface area (Å²) in [4.78, 5) is 15.6. The van der Waals surface area contributed by atoms with Gasteiger partial charge < -0.3 is 19.1 Å². The Hall–Kier alpha value is -4.04. The highest BCUT2D eigenvalue weighted by Crippen LogP contribution is 2.34. The van der Waals surface area contributed by atoms with Crippen molar-refractivity contribution in [1.29, 1.82) is 0 Å². The maximum absolute atomic E-state index is 14.3. The second kappa shape index (κ2) is 9.22. The highest BCUT2D eigenvalue weighted by atomic mass is 19.1. The van der Waals surface area contributed by atoms with Crippen LogP contribution in [0.25, 0.3) is 34.0 Å². The minimum atomic E-state index is -1.40. The van der Waals surface area contributed by atoms with E-state index in [4.69, 9.17) is 19.1 Å². The van der Waals surface area contributed by atoms with Gasteiger partial charge in [0.25, 0.3) is 5.89 Å². The van der Waals surface area contributed by atoms with Crippen molar-refractivity contribution in [3.8, 4) is 39.7 Å². The van der Waals surface area contributed by atoms with Gasteiger partial charge in [-0.05, 0) is 53.4 Å². The van der Waals surface area contributed by atoms with Crippen LogP contribution < -0.4 is 4.74 Å². The molecule has 0 saturated heterocycles. The first-order valence-electron chi connectivity index (χ1n) is 10.1. The Bertz CT molecular complexity index is 1330. The van der Waals surface area contributed by atoms with E-state index in [2.05, 4.69) is 16.2 Å². The molecule has 0 spiro atoms. The number of hydrogen-bond acceptors (Lipinski definition) is 6. The van der Waals surface area contributed by atoms with Crippen molar-refractivity contribution >= 4 is 5.97 Å². The lowest BCUT2D eigenvalue weighted by molar-refractivity contribution is 0.0691. The topological polar surface area (TPSA) is 94.7 Å². The summed E-state index contributed by atoms with van der Waals surface area (Å²) in [5, 5.41) is 13.1. The molecule has 0 unspecified atom stereocenters. The molecular weight excluding hydrogens is 427 g/mol. The number of carbonyl (C=O) groups is 1. The molecule has 8 heteroatoms. The second-order valence-electron chi connectivity index (χ2n) is 7.38. The molecule has 4 rings (SSSR count). The first kappa shape index (κ1) is 22.2. The van der Waals surface area contributed by atoms with Crippen molar-refractivity contribution < 1.29 is 28.3 Å². The van der Waals surface area contributed by atoms with Crippen molar-refractivity contribution in [3.63, 3.8) is 0 Å². The zero-order valence-corrected chi connectivity index (χ0v) is 18.3. The van der Waals surface area contributed by atoms with Crippen LogP contribution in [0.15, 0.2) is 59.1 Å². The van der Waals surface area contributed by atoms with Gasteiger partial charge >= 0.3 is 5.97 Å². The Morgan fingerprint density at radius 3 is 2.55 bits per heavy atom. The summed E-state index contributed by atoms with van der Waals surface area (Å²) in [5.74, 6) is -1.89. The van der Waals surface area contributed by atoms with Crippen molar-refractivity contribution in [2.24, 2.45) is 0 Å². The van der Waals surface area contributed by atoms with Gasteiger partial charge in [-0.3, -0.25) is 0 Å². The Morgan fingerprint density at radius 1 is 1.06 bits per heavy atom. The fourth-order valence-electron chi connectivity index (χ4n) is 3.65. The lowest BCUT2D eigenvalue weighted by atomic mass is 9.94. The van der Waals surface area contributed by atoms with E-state index >= 15 is 0 Å². The molecular formula is C25H21FN2O5. The van der Waals surface area contributed by atoms with Gasteiger partial charge in [0.1, 0.15) is 11.6 Å². The van der Waals surface area contributed by atoms with E-state index in [-0.39, 0.29) is 23.0 Å². The van der Waals surface area contributed by atoms with Crippen LogP contribution in [-0.2, 0) is 11.3 Å². The zero-order valence-electron chi connectivity index (χ0n) is 18.3. The monoisotopic (exact) mass is 448 g/mol. The van der Waals surface area contributed by atoms with Crippen molar-refractivity contribution in [3.05, 3.63) is 77.1 Å². The third-order valence-electron chi connectivity index (χ3n) is 5.27. The number of nitrogens with zero attached hydrogens (tertiary/aromatic N) is 2. The van der Waals surface area contributed by atoms with E-state index in [1.54, 1.807) is 7.11 Å². The zero-order chi connectivity index (χ0) is 23.5. The van der Waals surface area contributed by atoms with Crippen LogP contribution in [0.5, 0.6) is 5.75 Å². The fraction of sp³-hybridized carbons (Fsp3) is 0.160. The van der Waals surface area contributed by atoms with E-state index in [0.717, 1.165) is 34.4 Å². The van der Waals surface area contributed by atoms with E-state index in [1.807, 2.05) is 43.3 Å². The van der Waals surface area contributed by atoms with E-state index in [9.17, 15) is 9.18 Å². The average molecular weight is 448 g/mol. The van der Waals surface area contributed by atoms with Crippen LogP contribution in [0.3, 0.4) is 0 Å². The highest BCUT2D eigenvalue weighted by molar-refractivity contribution is 5.90. The third kappa shape index (κ3) is 4.33. The van der Waals surface area contributed by atoms with Crippen LogP contribution in [0.2, 0.25) is 0 Å². The number of ether oxygens (including phenoxy) is 2. The number of rotatable bonds is 7. The minimum Gasteiger partial charge on any atom is -0.496 e. The molecule has 0 fully saturated rings. The van der Waals surface area contributed by atoms with Gasteiger partial charge in [0.2, 0.25) is 5.82 Å². The lowest BCUT2D eigenvalue weighted by Crippen LogP contribution is -2.02. The lowest BCUT2D eigenvalue weighted by Gasteiger charge is -2.12. The summed E-state index contributed by atoms with van der Waals surface area (Å²) in [7, 11) is 2.98. The number of methoxy groups -OCH3 is 2. The summed E-state index contributed by atoms with van der Waals surface area (Å²) >= 11 is 0. The molecule has 7 nitrogen and oxygen atoms in total. The molecule has 0 radical (unpaired) electrons. The Labute approximate surface area is 189 Å². The molecule has 1 N–H and O–H groups in total. The number of carboxylic acids is 1. The Kier molecular flexibility index (Phi) is 6.19. The number of aryl methyl sites for hydroxylation is 1. The maximum Gasteiger partial charge on any atom is 0.338 e. The van der Waals surface area contributed by atoms with Gasteiger partial charge in [0, 0.05) is 12.7 Å². The summed E-state index contributed by atoms with van der Waals surface area (Å²) in [6.45, 7) is 2.43. The maximum atomic E-state index is 14.3. The van der Waals surface area contributed by atoms with Gasteiger partial charge in [-0.25, -0.2) is 9.18 Å². The summed E-state index contributed by atoms with van der Waals surface area (Å²) in [6.07, 6.45) is 0. The molecule has 0 aliphatic carbocycles. The van der Waals surface area contributed by atoms with Gasteiger partial charge in [0.15, 0.2) is 0 Å². The van der Waals surface area contributed by atoms with Gasteiger partial charge in [0.05, 0.1) is 24.8 Å². The summed E-state index contributed by atoms with van der Waals surface area (Å²) < 4.78 is 30.3. The van der Waals surface area contributed by atoms with Gasteiger partial charge in [-0.15, -0.1) is 0 Å². The quantitative estimate of drug-likeness (QED) is 0.406. The van der Waals surface area contributed by atoms with Crippen molar-refractivity contribution in [2.75, 3.05) is 14.2 Å². The third-order valence-corrected chi connectivity index (χ3v) is 5.27. The van der Waals surface area contributed by atoms with Gasteiger partial charge in [-0.1, -0.05) is 35.5 Å². The molecule has 4 aromatic rings. The minimum absolute atomic E-state index is 0.0777. The molecule has 0 saturated carbocycles. The Morgan fingerprint density at radius 2 is 1.85 bits per heavy atom. The van der Waals surface area contributed by atoms with Crippen molar-refractivity contribution in [2.45, 2.75) is 13.5 Å². The SMILES string of the molecule is COCc1cc(-c2nc(-c3cc(F)c(C(=O)O)cc3OC)no2)ccc1-c1ccccc1C. The molecule has 0 amide bonds. The molecule has 33 heavy (non-hydrogen) atoms. The van der Waals surface area contributed by atoms with E-state index in [1.165, 1.54) is 7.11 Å². The van der Waals surface area contributed by atoms with Crippen LogP contribution in [0.1, 0.15) is 21.5 Å². The molecule has 0 bridgehead atoms. The number of halogens is 1. The molecule has 0 aliphatic heterocycles. The van der Waals surface area contributed by atoms with Crippen molar-refractivity contribution in [1.82, 2.24) is 10.1 Å². The van der Waals surface area contributed by atoms with E-state index < -0.39 is 17.3 Å². The average Bonchev–Trinajstić information content (AvgIpc) is 3.29. The number of aromatic nitrogens is 2. The second-order valence-corrected chi connectivity index (χ2v) is 7.38. The largest absolute Gasteiger partial charge is 0.496 e. The van der Waals surface area contributed by atoms with Crippen LogP contribution in [0, 0.1) is 12.7 Å².